The second kappa shape index (κ2) is 26.3. The van der Waals surface area contributed by atoms with E-state index in [0.29, 0.717) is 0 Å². The Morgan fingerprint density at radius 2 is 0.570 bits per heavy atom. The molecule has 0 unspecified atom stereocenters. The van der Waals surface area contributed by atoms with Gasteiger partial charge >= 0.3 is 0 Å². The van der Waals surface area contributed by atoms with Crippen LogP contribution in [-0.4, -0.2) is 4.57 Å². The van der Waals surface area contributed by atoms with Gasteiger partial charge in [-0.15, -0.1) is 0 Å². The molecule has 502 valence electrons. The van der Waals surface area contributed by atoms with E-state index in [1.54, 1.807) is 0 Å². The van der Waals surface area contributed by atoms with Crippen LogP contribution in [0.2, 0.25) is 0 Å². The van der Waals surface area contributed by atoms with Crippen LogP contribution >= 0.6 is 0 Å². The van der Waals surface area contributed by atoms with Crippen LogP contribution in [0.15, 0.2) is 423 Å². The minimum Gasteiger partial charge on any atom is -0.455 e. The lowest BCUT2D eigenvalue weighted by atomic mass is 9.70. The summed E-state index contributed by atoms with van der Waals surface area (Å²) in [5.74, 6) is 0. The Labute approximate surface area is 622 Å². The molecule has 2 aromatic heterocycles. The minimum atomic E-state index is -0.394. The summed E-state index contributed by atoms with van der Waals surface area (Å²) in [6, 6.07) is 151. The summed E-state index contributed by atoms with van der Waals surface area (Å²) in [7, 11) is 0. The fourth-order valence-corrected chi connectivity index (χ4v) is 17.1. The molecule has 1 spiro atoms. The second-order valence-corrected chi connectivity index (χ2v) is 27.8. The molecule has 2 aliphatic rings. The quantitative estimate of drug-likeness (QED) is 0.122. The van der Waals surface area contributed by atoms with Gasteiger partial charge in [0, 0.05) is 66.8 Å². The van der Waals surface area contributed by atoms with Crippen molar-refractivity contribution in [3.05, 3.63) is 441 Å². The molecule has 0 fully saturated rings. The molecule has 107 heavy (non-hydrogen) atoms. The molecule has 0 aliphatic heterocycles. The summed E-state index contributed by atoms with van der Waals surface area (Å²) in [6.45, 7) is 0. The molecule has 0 radical (unpaired) electrons. The van der Waals surface area contributed by atoms with Crippen LogP contribution < -0.4 is 9.80 Å². The predicted molar refractivity (Wildman–Crippen MR) is 447 cm³/mol. The zero-order chi connectivity index (χ0) is 70.8. The maximum absolute atomic E-state index is 6.40. The highest BCUT2D eigenvalue weighted by Crippen LogP contribution is 2.65. The van der Waals surface area contributed by atoms with Gasteiger partial charge in [0.15, 0.2) is 0 Å². The highest BCUT2D eigenvalue weighted by atomic mass is 16.3. The third-order valence-corrected chi connectivity index (χ3v) is 21.9. The lowest BCUT2D eigenvalue weighted by Crippen LogP contribution is -2.26. The van der Waals surface area contributed by atoms with Crippen LogP contribution in [0.1, 0.15) is 22.3 Å². The van der Waals surface area contributed by atoms with Crippen molar-refractivity contribution in [2.45, 2.75) is 5.41 Å². The van der Waals surface area contributed by atoms with Crippen molar-refractivity contribution in [1.29, 1.82) is 0 Å². The Hall–Kier alpha value is -14.1. The fourth-order valence-electron chi connectivity index (χ4n) is 17.1. The van der Waals surface area contributed by atoms with E-state index in [1.807, 2.05) is 12.1 Å². The third-order valence-electron chi connectivity index (χ3n) is 21.9. The average Bonchev–Trinajstić information content (AvgIpc) is 1.51. The molecule has 0 atom stereocenters. The Morgan fingerprint density at radius 1 is 0.224 bits per heavy atom. The SMILES string of the molecule is c1ccc(-c2ccc(N(c3ccc(-c4cccc(-n5c6ccccc6c6ccccc65)c4)cc3)c3ccc(-c4cccc5c4oc4ccccc45)cc3)cc2)cc1.c1ccc(-c2ccc(N(c3ccc(-c4ccccc4)cc3)c3cccc4c3-c3ccccc3C43c4ccccc4-c4ccccc43)cc2)cc1. The molecule has 21 rings (SSSR count). The van der Waals surface area contributed by atoms with Crippen LogP contribution in [0, 0.1) is 0 Å². The lowest BCUT2D eigenvalue weighted by Gasteiger charge is -2.32. The molecule has 4 nitrogen and oxygen atoms in total. The summed E-state index contributed by atoms with van der Waals surface area (Å²) in [6.07, 6.45) is 0. The monoisotopic (exact) mass is 1360 g/mol. The number of benzene rings is 17. The van der Waals surface area contributed by atoms with Crippen LogP contribution in [-0.2, 0) is 5.41 Å². The minimum absolute atomic E-state index is 0.394. The highest BCUT2D eigenvalue weighted by molar-refractivity contribution is 6.11. The van der Waals surface area contributed by atoms with Crippen LogP contribution in [0.5, 0.6) is 0 Å². The summed E-state index contributed by atoms with van der Waals surface area (Å²) in [5.41, 5.74) is 34.0. The summed E-state index contributed by atoms with van der Waals surface area (Å²) < 4.78 is 8.78. The first-order valence-electron chi connectivity index (χ1n) is 36.8. The summed E-state index contributed by atoms with van der Waals surface area (Å²) in [4.78, 5) is 4.78. The molecule has 4 heteroatoms. The van der Waals surface area contributed by atoms with Gasteiger partial charge in [0.2, 0.25) is 0 Å². The van der Waals surface area contributed by atoms with Crippen molar-refractivity contribution in [3.8, 4) is 83.6 Å². The number of aromatic nitrogens is 1. The van der Waals surface area contributed by atoms with E-state index in [1.165, 1.54) is 111 Å². The summed E-state index contributed by atoms with van der Waals surface area (Å²) in [5, 5.41) is 4.80. The van der Waals surface area contributed by atoms with Crippen molar-refractivity contribution in [2.24, 2.45) is 0 Å². The third kappa shape index (κ3) is 10.7. The van der Waals surface area contributed by atoms with E-state index < -0.39 is 5.41 Å². The number of hydrogen-bond donors (Lipinski definition) is 0. The predicted octanol–water partition coefficient (Wildman–Crippen LogP) is 28.0. The van der Waals surface area contributed by atoms with Gasteiger partial charge in [-0.3, -0.25) is 0 Å². The van der Waals surface area contributed by atoms with Gasteiger partial charge in [0.1, 0.15) is 11.2 Å². The van der Waals surface area contributed by atoms with Gasteiger partial charge in [-0.25, -0.2) is 0 Å². The number of anilines is 6. The topological polar surface area (TPSA) is 24.6 Å². The standard InChI is InChI=1S/C54H36N2O.C49H33N/c1-2-12-37(13-3-1)38-24-30-42(31-25-38)55(44-34-28-40(29-35-44)46-19-11-20-50-49-18-6-9-23-53(49)57-54(46)50)43-32-26-39(27-33-43)41-14-10-15-45(36-41)56-51-21-7-4-16-47(51)48-17-5-8-22-52(48)56;1-3-14-34(15-4-1)36-26-30-38(31-27-36)50(39-32-28-37(29-33-39)35-16-5-2-6-17-35)47-25-13-24-46-48(47)42-20-9-12-23-45(42)49(46)43-21-10-7-18-40(43)41-19-8-11-22-44(41)49/h1-36H;1-33H. The van der Waals surface area contributed by atoms with Crippen molar-refractivity contribution >= 4 is 77.9 Å². The van der Waals surface area contributed by atoms with Gasteiger partial charge in [-0.05, 0) is 186 Å². The molecule has 19 aromatic rings. The molecule has 0 N–H and O–H groups in total. The molecule has 0 amide bonds. The largest absolute Gasteiger partial charge is 0.455 e. The molecule has 2 heterocycles. The molecule has 0 bridgehead atoms. The van der Waals surface area contributed by atoms with E-state index in [4.69, 9.17) is 4.42 Å². The fraction of sp³-hybridized carbons (Fsp3) is 0.00971. The van der Waals surface area contributed by atoms with Crippen molar-refractivity contribution in [1.82, 2.24) is 4.57 Å². The van der Waals surface area contributed by atoms with Crippen LogP contribution in [0.25, 0.3) is 127 Å². The van der Waals surface area contributed by atoms with E-state index in [0.717, 1.165) is 72.8 Å². The van der Waals surface area contributed by atoms with Gasteiger partial charge in [0.25, 0.3) is 0 Å². The van der Waals surface area contributed by atoms with E-state index in [9.17, 15) is 0 Å². The van der Waals surface area contributed by atoms with E-state index in [2.05, 4.69) is 421 Å². The zero-order valence-corrected chi connectivity index (χ0v) is 58.6. The van der Waals surface area contributed by atoms with E-state index in [-0.39, 0.29) is 0 Å². The number of fused-ring (bicyclic) bond motifs is 16. The van der Waals surface area contributed by atoms with Gasteiger partial charge < -0.3 is 18.8 Å². The smallest absolute Gasteiger partial charge is 0.143 e. The van der Waals surface area contributed by atoms with E-state index >= 15 is 0 Å². The summed E-state index contributed by atoms with van der Waals surface area (Å²) >= 11 is 0. The number of rotatable bonds is 12. The second-order valence-electron chi connectivity index (χ2n) is 27.8. The molecule has 17 aromatic carbocycles. The molecule has 0 saturated carbocycles. The zero-order valence-electron chi connectivity index (χ0n) is 58.6. The molecular formula is C103H69N3O. The number of para-hydroxylation sites is 4. The normalized spacial score (nSPS) is 12.2. The van der Waals surface area contributed by atoms with Gasteiger partial charge in [0.05, 0.1) is 22.1 Å². The highest BCUT2D eigenvalue weighted by Gasteiger charge is 2.52. The van der Waals surface area contributed by atoms with Crippen molar-refractivity contribution in [3.63, 3.8) is 0 Å². The van der Waals surface area contributed by atoms with Crippen molar-refractivity contribution in [2.75, 3.05) is 9.80 Å². The molecular weight excluding hydrogens is 1300 g/mol. The molecule has 2 aliphatic carbocycles. The van der Waals surface area contributed by atoms with Crippen LogP contribution in [0.4, 0.5) is 34.1 Å². The Morgan fingerprint density at radius 3 is 1.08 bits per heavy atom. The Bertz CT molecular complexity index is 6340. The number of nitrogens with zero attached hydrogens (tertiary/aromatic N) is 3. The first-order valence-corrected chi connectivity index (χ1v) is 36.8. The number of hydrogen-bond acceptors (Lipinski definition) is 3. The maximum atomic E-state index is 6.40. The Balaban J connectivity index is 0.000000143. The Kier molecular flexibility index (Phi) is 15.4. The van der Waals surface area contributed by atoms with Crippen LogP contribution in [0.3, 0.4) is 0 Å². The van der Waals surface area contributed by atoms with Gasteiger partial charge in [-0.1, -0.05) is 322 Å². The first-order chi connectivity index (χ1) is 53.1. The average molecular weight is 1360 g/mol. The lowest BCUT2D eigenvalue weighted by molar-refractivity contribution is 0.670. The number of furan rings is 1. The molecule has 0 saturated heterocycles. The van der Waals surface area contributed by atoms with Gasteiger partial charge in [-0.2, -0.15) is 0 Å². The first kappa shape index (κ1) is 62.7. The maximum Gasteiger partial charge on any atom is 0.143 e. The van der Waals surface area contributed by atoms with Crippen molar-refractivity contribution < 1.29 is 4.42 Å².